The molecule has 1 fully saturated rings. The highest BCUT2D eigenvalue weighted by Crippen LogP contribution is 2.39. The molecule has 4 heteroatoms. The van der Waals surface area contributed by atoms with Crippen molar-refractivity contribution < 1.29 is 9.47 Å². The van der Waals surface area contributed by atoms with Gasteiger partial charge in [-0.15, -0.1) is 0 Å². The fraction of sp³-hybridized carbons (Fsp3) is 0.647. The monoisotopic (exact) mass is 355 g/mol. The molecule has 0 atom stereocenters. The normalized spacial score (nSPS) is 22.1. The summed E-state index contributed by atoms with van der Waals surface area (Å²) in [4.78, 5) is 0. The second kappa shape index (κ2) is 8.04. The largest absolute Gasteiger partial charge is 0.490 e. The Bertz CT molecular complexity index is 456. The van der Waals surface area contributed by atoms with E-state index in [-0.39, 0.29) is 0 Å². The van der Waals surface area contributed by atoms with Crippen LogP contribution in [-0.4, -0.2) is 12.7 Å². The smallest absolute Gasteiger partial charge is 0.175 e. The van der Waals surface area contributed by atoms with Crippen molar-refractivity contribution >= 4 is 15.9 Å². The molecule has 0 bridgehead atoms. The number of nitrogens with two attached hydrogens (primary N) is 1. The molecule has 1 aromatic carbocycles. The lowest BCUT2D eigenvalue weighted by Gasteiger charge is -2.29. The summed E-state index contributed by atoms with van der Waals surface area (Å²) in [5.41, 5.74) is 6.78. The second-order valence-electron chi connectivity index (χ2n) is 5.71. The van der Waals surface area contributed by atoms with Crippen LogP contribution >= 0.6 is 15.9 Å². The lowest BCUT2D eigenvalue weighted by Crippen LogP contribution is -2.24. The fourth-order valence-electron chi connectivity index (χ4n) is 2.94. The Labute approximate surface area is 136 Å². The molecule has 1 aliphatic rings. The van der Waals surface area contributed by atoms with Crippen LogP contribution in [0.4, 0.5) is 0 Å². The topological polar surface area (TPSA) is 44.5 Å². The van der Waals surface area contributed by atoms with Gasteiger partial charge < -0.3 is 15.2 Å². The van der Waals surface area contributed by atoms with E-state index in [9.17, 15) is 0 Å². The first-order chi connectivity index (χ1) is 10.2. The van der Waals surface area contributed by atoms with E-state index in [0.717, 1.165) is 40.3 Å². The van der Waals surface area contributed by atoms with Gasteiger partial charge in [-0.2, -0.15) is 0 Å². The van der Waals surface area contributed by atoms with Crippen LogP contribution in [0.3, 0.4) is 0 Å². The molecule has 0 unspecified atom stereocenters. The molecule has 2 N–H and O–H groups in total. The molecule has 0 radical (unpaired) electrons. The predicted octanol–water partition coefficient (Wildman–Crippen LogP) is 4.65. The van der Waals surface area contributed by atoms with E-state index in [2.05, 4.69) is 22.9 Å². The van der Waals surface area contributed by atoms with E-state index in [1.165, 1.54) is 19.3 Å². The summed E-state index contributed by atoms with van der Waals surface area (Å²) in [5.74, 6) is 2.50. The Morgan fingerprint density at radius 3 is 2.48 bits per heavy atom. The third-order valence-electron chi connectivity index (χ3n) is 4.26. The summed E-state index contributed by atoms with van der Waals surface area (Å²) in [6.07, 6.45) is 6.38. The molecule has 0 aliphatic heterocycles. The van der Waals surface area contributed by atoms with Gasteiger partial charge in [0.1, 0.15) is 0 Å². The molecule has 0 spiro atoms. The second-order valence-corrected chi connectivity index (χ2v) is 6.57. The van der Waals surface area contributed by atoms with Crippen molar-refractivity contribution in [2.24, 2.45) is 11.7 Å². The molecule has 21 heavy (non-hydrogen) atoms. The zero-order valence-electron chi connectivity index (χ0n) is 13.0. The maximum Gasteiger partial charge on any atom is 0.175 e. The molecule has 1 aliphatic carbocycles. The SMILES string of the molecule is CCOc1cc(CN)cc(Br)c1OC1CCC(CC)CC1. The molecular weight excluding hydrogens is 330 g/mol. The fourth-order valence-corrected chi connectivity index (χ4v) is 3.52. The maximum absolute atomic E-state index is 6.25. The van der Waals surface area contributed by atoms with Gasteiger partial charge in [0.05, 0.1) is 17.2 Å². The molecule has 2 rings (SSSR count). The Morgan fingerprint density at radius 1 is 1.19 bits per heavy atom. The third kappa shape index (κ3) is 4.36. The minimum Gasteiger partial charge on any atom is -0.490 e. The van der Waals surface area contributed by atoms with Gasteiger partial charge in [0, 0.05) is 6.54 Å². The van der Waals surface area contributed by atoms with Crippen molar-refractivity contribution in [1.82, 2.24) is 0 Å². The van der Waals surface area contributed by atoms with Gasteiger partial charge in [0.2, 0.25) is 0 Å². The highest BCUT2D eigenvalue weighted by molar-refractivity contribution is 9.10. The Kier molecular flexibility index (Phi) is 6.37. The number of benzene rings is 1. The number of ether oxygens (including phenoxy) is 2. The molecule has 0 aromatic heterocycles. The van der Waals surface area contributed by atoms with Crippen molar-refractivity contribution in [3.63, 3.8) is 0 Å². The highest BCUT2D eigenvalue weighted by Gasteiger charge is 2.23. The van der Waals surface area contributed by atoms with Crippen molar-refractivity contribution in [2.45, 2.75) is 58.6 Å². The lowest BCUT2D eigenvalue weighted by molar-refractivity contribution is 0.124. The number of hydrogen-bond acceptors (Lipinski definition) is 3. The first kappa shape index (κ1) is 16.6. The van der Waals surface area contributed by atoms with Gasteiger partial charge in [-0.3, -0.25) is 0 Å². The van der Waals surface area contributed by atoms with Gasteiger partial charge >= 0.3 is 0 Å². The van der Waals surface area contributed by atoms with Crippen LogP contribution in [0.1, 0.15) is 51.5 Å². The summed E-state index contributed by atoms with van der Waals surface area (Å²) in [6.45, 7) is 5.39. The summed E-state index contributed by atoms with van der Waals surface area (Å²) in [7, 11) is 0. The zero-order chi connectivity index (χ0) is 15.2. The van der Waals surface area contributed by atoms with Gasteiger partial charge in [-0.1, -0.05) is 13.3 Å². The van der Waals surface area contributed by atoms with Crippen LogP contribution < -0.4 is 15.2 Å². The number of halogens is 1. The summed E-state index contributed by atoms with van der Waals surface area (Å²) in [6, 6.07) is 4.01. The highest BCUT2D eigenvalue weighted by atomic mass is 79.9. The summed E-state index contributed by atoms with van der Waals surface area (Å²) in [5, 5.41) is 0. The Morgan fingerprint density at radius 2 is 1.90 bits per heavy atom. The Hall–Kier alpha value is -0.740. The van der Waals surface area contributed by atoms with E-state index < -0.39 is 0 Å². The minimum atomic E-state index is 0.298. The third-order valence-corrected chi connectivity index (χ3v) is 4.85. The van der Waals surface area contributed by atoms with Crippen molar-refractivity contribution in [3.8, 4) is 11.5 Å². The first-order valence-electron chi connectivity index (χ1n) is 7.99. The predicted molar refractivity (Wildman–Crippen MR) is 89.9 cm³/mol. The molecule has 1 aromatic rings. The Balaban J connectivity index is 2.11. The first-order valence-corrected chi connectivity index (χ1v) is 8.79. The van der Waals surface area contributed by atoms with E-state index in [4.69, 9.17) is 15.2 Å². The molecule has 118 valence electrons. The minimum absolute atomic E-state index is 0.298. The molecule has 0 amide bonds. The van der Waals surface area contributed by atoms with Crippen molar-refractivity contribution in [3.05, 3.63) is 22.2 Å². The van der Waals surface area contributed by atoms with E-state index >= 15 is 0 Å². The summed E-state index contributed by atoms with van der Waals surface area (Å²) < 4.78 is 12.9. The van der Waals surface area contributed by atoms with Gasteiger partial charge in [0.25, 0.3) is 0 Å². The summed E-state index contributed by atoms with van der Waals surface area (Å²) >= 11 is 3.60. The van der Waals surface area contributed by atoms with E-state index in [1.54, 1.807) is 0 Å². The van der Waals surface area contributed by atoms with Crippen LogP contribution in [0.2, 0.25) is 0 Å². The average molecular weight is 356 g/mol. The van der Waals surface area contributed by atoms with E-state index in [0.29, 0.717) is 19.3 Å². The molecule has 0 saturated heterocycles. The van der Waals surface area contributed by atoms with Crippen LogP contribution in [0, 0.1) is 5.92 Å². The standard InChI is InChI=1S/C17H26BrNO2/c1-3-12-5-7-14(8-6-12)21-17-15(18)9-13(11-19)10-16(17)20-4-2/h9-10,12,14H,3-8,11,19H2,1-2H3. The molecule has 1 saturated carbocycles. The van der Waals surface area contributed by atoms with Crippen LogP contribution in [0.5, 0.6) is 11.5 Å². The maximum atomic E-state index is 6.25. The number of rotatable bonds is 6. The van der Waals surface area contributed by atoms with Crippen LogP contribution in [0.25, 0.3) is 0 Å². The van der Waals surface area contributed by atoms with Gasteiger partial charge in [-0.25, -0.2) is 0 Å². The van der Waals surface area contributed by atoms with Gasteiger partial charge in [0.15, 0.2) is 11.5 Å². The van der Waals surface area contributed by atoms with Crippen LogP contribution in [0.15, 0.2) is 16.6 Å². The average Bonchev–Trinajstić information content (AvgIpc) is 2.51. The lowest BCUT2D eigenvalue weighted by atomic mass is 9.86. The van der Waals surface area contributed by atoms with E-state index in [1.807, 2.05) is 19.1 Å². The zero-order valence-corrected chi connectivity index (χ0v) is 14.6. The number of hydrogen-bond donors (Lipinski definition) is 1. The molecular formula is C17H26BrNO2. The molecule has 0 heterocycles. The quantitative estimate of drug-likeness (QED) is 0.807. The van der Waals surface area contributed by atoms with Crippen molar-refractivity contribution in [2.75, 3.05) is 6.61 Å². The van der Waals surface area contributed by atoms with Gasteiger partial charge in [-0.05, 0) is 72.2 Å². The molecule has 3 nitrogen and oxygen atoms in total. The van der Waals surface area contributed by atoms with Crippen molar-refractivity contribution in [1.29, 1.82) is 0 Å². The van der Waals surface area contributed by atoms with Crippen LogP contribution in [-0.2, 0) is 6.54 Å².